The van der Waals surface area contributed by atoms with Gasteiger partial charge in [0.25, 0.3) is 0 Å². The fourth-order valence-corrected chi connectivity index (χ4v) is 5.15. The quantitative estimate of drug-likeness (QED) is 0.462. The maximum atomic E-state index is 12.7. The van der Waals surface area contributed by atoms with E-state index in [1.807, 2.05) is 40.7 Å². The van der Waals surface area contributed by atoms with Crippen LogP contribution in [0.1, 0.15) is 59.3 Å². The molecule has 1 aliphatic rings. The number of benzene rings is 1. The van der Waals surface area contributed by atoms with Gasteiger partial charge in [-0.25, -0.2) is 4.98 Å². The molecule has 0 bridgehead atoms. The number of aromatic nitrogens is 3. The zero-order valence-corrected chi connectivity index (χ0v) is 21.7. The molecule has 34 heavy (non-hydrogen) atoms. The van der Waals surface area contributed by atoms with E-state index in [-0.39, 0.29) is 18.0 Å². The zero-order valence-electron chi connectivity index (χ0n) is 20.9. The molecule has 1 amide bonds. The average Bonchev–Trinajstić information content (AvgIpc) is 3.23. The highest BCUT2D eigenvalue weighted by molar-refractivity contribution is 7.20. The average molecular weight is 485 g/mol. The molecule has 2 aromatic heterocycles. The van der Waals surface area contributed by atoms with Crippen molar-refractivity contribution in [2.75, 3.05) is 30.9 Å². The van der Waals surface area contributed by atoms with Crippen LogP contribution < -0.4 is 20.3 Å². The van der Waals surface area contributed by atoms with Crippen molar-refractivity contribution in [3.8, 4) is 17.0 Å². The summed E-state index contributed by atoms with van der Waals surface area (Å²) in [5.41, 5.74) is 1.66. The van der Waals surface area contributed by atoms with Gasteiger partial charge in [-0.15, -0.1) is 5.10 Å². The van der Waals surface area contributed by atoms with Gasteiger partial charge in [-0.05, 0) is 57.9 Å². The molecule has 0 spiro atoms. The fraction of sp³-hybridized carbons (Fsp3) is 0.560. The van der Waals surface area contributed by atoms with Gasteiger partial charge in [0.1, 0.15) is 11.4 Å². The Kier molecular flexibility index (Phi) is 7.30. The lowest BCUT2D eigenvalue weighted by molar-refractivity contribution is -0.120. The Morgan fingerprint density at radius 1 is 1.18 bits per heavy atom. The van der Waals surface area contributed by atoms with Gasteiger partial charge >= 0.3 is 0 Å². The van der Waals surface area contributed by atoms with E-state index in [1.165, 1.54) is 37.0 Å². The third kappa shape index (κ3) is 5.81. The van der Waals surface area contributed by atoms with E-state index in [0.717, 1.165) is 45.8 Å². The predicted octanol–water partition coefficient (Wildman–Crippen LogP) is 4.95. The summed E-state index contributed by atoms with van der Waals surface area (Å²) in [5.74, 6) is 1.69. The number of carbonyl (C=O) groups excluding carboxylic acids is 1. The number of hydrogen-bond acceptors (Lipinski definition) is 7. The van der Waals surface area contributed by atoms with Crippen LogP contribution in [0.2, 0.25) is 0 Å². The maximum absolute atomic E-state index is 12.7. The Balaban J connectivity index is 1.55. The number of imidazole rings is 1. The Morgan fingerprint density at radius 3 is 2.47 bits per heavy atom. The second-order valence-electron chi connectivity index (χ2n) is 10.1. The minimum Gasteiger partial charge on any atom is -0.497 e. The molecule has 184 valence electrons. The molecule has 2 heterocycles. The summed E-state index contributed by atoms with van der Waals surface area (Å²) >= 11 is 1.48. The van der Waals surface area contributed by atoms with Crippen molar-refractivity contribution in [3.63, 3.8) is 0 Å². The summed E-state index contributed by atoms with van der Waals surface area (Å²) in [6, 6.07) is 8.17. The minimum absolute atomic E-state index is 0.0502. The Hall–Kier alpha value is -2.81. The molecule has 1 saturated carbocycles. The first kappa shape index (κ1) is 24.3. The number of carbonyl (C=O) groups is 1. The number of nitrogens with one attached hydrogen (secondary N) is 2. The molecule has 9 heteroatoms. The van der Waals surface area contributed by atoms with E-state index in [0.29, 0.717) is 6.04 Å². The monoisotopic (exact) mass is 484 g/mol. The third-order valence-corrected chi connectivity index (χ3v) is 7.00. The highest BCUT2D eigenvalue weighted by Crippen LogP contribution is 2.35. The number of methoxy groups -OCH3 is 1. The predicted molar refractivity (Wildman–Crippen MR) is 139 cm³/mol. The number of fused-ring (bicyclic) bond motifs is 1. The van der Waals surface area contributed by atoms with Crippen molar-refractivity contribution in [3.05, 3.63) is 24.3 Å². The van der Waals surface area contributed by atoms with E-state index in [4.69, 9.17) is 14.8 Å². The number of likely N-dealkylation sites (N-methyl/N-ethyl adjacent to an activating group) is 1. The van der Waals surface area contributed by atoms with E-state index < -0.39 is 0 Å². The topological polar surface area (TPSA) is 83.8 Å². The summed E-state index contributed by atoms with van der Waals surface area (Å²) in [5, 5.41) is 12.4. The summed E-state index contributed by atoms with van der Waals surface area (Å²) in [4.78, 5) is 20.3. The van der Waals surface area contributed by atoms with Crippen LogP contribution in [-0.4, -0.2) is 52.8 Å². The van der Waals surface area contributed by atoms with Crippen molar-refractivity contribution in [1.82, 2.24) is 19.9 Å². The van der Waals surface area contributed by atoms with E-state index in [1.54, 1.807) is 7.11 Å². The first-order chi connectivity index (χ1) is 16.2. The zero-order chi connectivity index (χ0) is 24.3. The van der Waals surface area contributed by atoms with Crippen molar-refractivity contribution in [1.29, 1.82) is 0 Å². The SMILES string of the molecule is COc1ccc(-c2nc3sc(N(C)CC(=O)NC4CCCCCC4)nn3c2NC(C)(C)C)cc1. The second-order valence-corrected chi connectivity index (χ2v) is 11.0. The van der Waals surface area contributed by atoms with Gasteiger partial charge in [0.2, 0.25) is 16.0 Å². The molecular formula is C25H36N6O2S. The van der Waals surface area contributed by atoms with Crippen LogP contribution in [-0.2, 0) is 4.79 Å². The van der Waals surface area contributed by atoms with Crippen LogP contribution in [0, 0.1) is 0 Å². The summed E-state index contributed by atoms with van der Waals surface area (Å²) in [7, 11) is 3.57. The molecule has 0 unspecified atom stereocenters. The number of hydrogen-bond donors (Lipinski definition) is 2. The van der Waals surface area contributed by atoms with Crippen LogP contribution >= 0.6 is 11.3 Å². The minimum atomic E-state index is -0.175. The molecule has 1 aliphatic carbocycles. The van der Waals surface area contributed by atoms with E-state index in [2.05, 4.69) is 31.4 Å². The van der Waals surface area contributed by atoms with Gasteiger partial charge < -0.3 is 20.3 Å². The summed E-state index contributed by atoms with van der Waals surface area (Å²) in [6.45, 7) is 6.62. The van der Waals surface area contributed by atoms with Crippen LogP contribution in [0.25, 0.3) is 16.2 Å². The summed E-state index contributed by atoms with van der Waals surface area (Å²) in [6.07, 6.45) is 7.10. The fourth-order valence-electron chi connectivity index (χ4n) is 4.29. The maximum Gasteiger partial charge on any atom is 0.239 e. The van der Waals surface area contributed by atoms with Crippen LogP contribution in [0.3, 0.4) is 0 Å². The van der Waals surface area contributed by atoms with Gasteiger partial charge in [-0.1, -0.05) is 37.0 Å². The molecule has 0 aliphatic heterocycles. The first-order valence-corrected chi connectivity index (χ1v) is 12.9. The highest BCUT2D eigenvalue weighted by atomic mass is 32.1. The highest BCUT2D eigenvalue weighted by Gasteiger charge is 2.24. The van der Waals surface area contributed by atoms with Gasteiger partial charge in [-0.3, -0.25) is 4.79 Å². The molecule has 8 nitrogen and oxygen atoms in total. The number of rotatable bonds is 7. The van der Waals surface area contributed by atoms with E-state index >= 15 is 0 Å². The number of nitrogens with zero attached hydrogens (tertiary/aromatic N) is 4. The molecule has 1 fully saturated rings. The number of ether oxygens (including phenoxy) is 1. The van der Waals surface area contributed by atoms with Crippen LogP contribution in [0.5, 0.6) is 5.75 Å². The Morgan fingerprint density at radius 2 is 1.85 bits per heavy atom. The molecule has 1 aromatic carbocycles. The summed E-state index contributed by atoms with van der Waals surface area (Å²) < 4.78 is 7.15. The van der Waals surface area contributed by atoms with Gasteiger partial charge in [-0.2, -0.15) is 4.52 Å². The molecule has 3 aromatic rings. The van der Waals surface area contributed by atoms with Crippen molar-refractivity contribution in [2.24, 2.45) is 0 Å². The Bertz CT molecular complexity index is 1110. The van der Waals surface area contributed by atoms with Gasteiger partial charge in [0, 0.05) is 24.2 Å². The second kappa shape index (κ2) is 10.2. The molecule has 0 atom stereocenters. The number of anilines is 2. The third-order valence-electron chi connectivity index (χ3n) is 5.98. The molecule has 0 saturated heterocycles. The first-order valence-electron chi connectivity index (χ1n) is 12.1. The number of amides is 1. The van der Waals surface area contributed by atoms with Crippen molar-refractivity contribution < 1.29 is 9.53 Å². The smallest absolute Gasteiger partial charge is 0.239 e. The normalized spacial score (nSPS) is 15.2. The van der Waals surface area contributed by atoms with Crippen LogP contribution in [0.15, 0.2) is 24.3 Å². The molecule has 2 N–H and O–H groups in total. The van der Waals surface area contributed by atoms with Crippen molar-refractivity contribution in [2.45, 2.75) is 70.9 Å². The Labute approximate surface area is 205 Å². The lowest BCUT2D eigenvalue weighted by Crippen LogP contribution is -2.41. The molecule has 4 rings (SSSR count). The van der Waals surface area contributed by atoms with Crippen molar-refractivity contribution >= 4 is 33.2 Å². The lowest BCUT2D eigenvalue weighted by Gasteiger charge is -2.22. The van der Waals surface area contributed by atoms with Gasteiger partial charge in [0.05, 0.1) is 13.7 Å². The standard InChI is InChI=1S/C25H36N6O2S/c1-25(2,3)28-22-21(17-12-14-19(33-5)15-13-17)27-23-31(22)29-24(34-23)30(4)16-20(32)26-18-10-8-6-7-9-11-18/h12-15,18,28H,6-11,16H2,1-5H3,(H,26,32). The molecule has 0 radical (unpaired) electrons. The van der Waals surface area contributed by atoms with Gasteiger partial charge in [0.15, 0.2) is 5.82 Å². The molecular weight excluding hydrogens is 448 g/mol. The lowest BCUT2D eigenvalue weighted by atomic mass is 10.1. The largest absolute Gasteiger partial charge is 0.497 e. The van der Waals surface area contributed by atoms with Crippen LogP contribution in [0.4, 0.5) is 10.9 Å². The van der Waals surface area contributed by atoms with E-state index in [9.17, 15) is 4.79 Å².